The van der Waals surface area contributed by atoms with E-state index in [1.807, 2.05) is 6.07 Å². The number of carboxylic acids is 1. The smallest absolute Gasteiger partial charge is 0.416 e. The first kappa shape index (κ1) is 20.4. The van der Waals surface area contributed by atoms with Crippen LogP contribution in [0.2, 0.25) is 0 Å². The molecule has 2 aromatic carbocycles. The summed E-state index contributed by atoms with van der Waals surface area (Å²) in [5, 5.41) is 8.86. The second kappa shape index (κ2) is 8.77. The third-order valence-electron chi connectivity index (χ3n) is 4.31. The Bertz CT molecular complexity index is 951. The van der Waals surface area contributed by atoms with Crippen molar-refractivity contribution >= 4 is 5.97 Å². The van der Waals surface area contributed by atoms with Crippen LogP contribution in [0.4, 0.5) is 13.2 Å². The number of carboxylic acid groups (broad SMARTS) is 1. The van der Waals surface area contributed by atoms with Crippen molar-refractivity contribution in [3.63, 3.8) is 0 Å². The van der Waals surface area contributed by atoms with Gasteiger partial charge in [0.1, 0.15) is 5.75 Å². The van der Waals surface area contributed by atoms with Gasteiger partial charge in [-0.15, -0.1) is 0 Å². The predicted octanol–water partition coefficient (Wildman–Crippen LogP) is 5.48. The van der Waals surface area contributed by atoms with Crippen LogP contribution in [0.15, 0.2) is 66.9 Å². The largest absolute Gasteiger partial charge is 0.494 e. The van der Waals surface area contributed by atoms with Crippen LogP contribution < -0.4 is 4.74 Å². The molecule has 3 aromatic rings. The Morgan fingerprint density at radius 2 is 1.66 bits per heavy atom. The number of hydrogen-bond acceptors (Lipinski definition) is 3. The van der Waals surface area contributed by atoms with Crippen molar-refractivity contribution in [1.82, 2.24) is 4.98 Å². The summed E-state index contributed by atoms with van der Waals surface area (Å²) >= 11 is 0. The molecule has 4 nitrogen and oxygen atoms in total. The molecule has 7 heteroatoms. The van der Waals surface area contributed by atoms with Crippen LogP contribution in [-0.4, -0.2) is 22.7 Å². The van der Waals surface area contributed by atoms with Gasteiger partial charge in [-0.25, -0.2) is 4.79 Å². The second-order valence-electron chi connectivity index (χ2n) is 6.41. The monoisotopic (exact) mass is 401 g/mol. The molecule has 0 aliphatic heterocycles. The summed E-state index contributed by atoms with van der Waals surface area (Å²) in [6.45, 7) is 0.465. The van der Waals surface area contributed by atoms with Gasteiger partial charge in [0.25, 0.3) is 0 Å². The molecular formula is C22H18F3NO3. The first-order valence-electron chi connectivity index (χ1n) is 8.91. The van der Waals surface area contributed by atoms with Gasteiger partial charge in [-0.1, -0.05) is 18.2 Å². The summed E-state index contributed by atoms with van der Waals surface area (Å²) in [4.78, 5) is 15.1. The molecule has 0 saturated heterocycles. The summed E-state index contributed by atoms with van der Waals surface area (Å²) in [6.07, 6.45) is -1.18. The second-order valence-corrected chi connectivity index (χ2v) is 6.41. The lowest BCUT2D eigenvalue weighted by molar-refractivity contribution is -0.137. The molecule has 0 bridgehead atoms. The van der Waals surface area contributed by atoms with E-state index in [1.54, 1.807) is 24.4 Å². The molecule has 0 saturated carbocycles. The lowest BCUT2D eigenvalue weighted by Crippen LogP contribution is -2.04. The minimum atomic E-state index is -4.35. The van der Waals surface area contributed by atoms with E-state index in [1.165, 1.54) is 24.3 Å². The van der Waals surface area contributed by atoms with Crippen molar-refractivity contribution in [2.24, 2.45) is 0 Å². The summed E-state index contributed by atoms with van der Waals surface area (Å²) in [7, 11) is 0. The van der Waals surface area contributed by atoms with Crippen LogP contribution in [0, 0.1) is 0 Å². The molecule has 0 amide bonds. The number of rotatable bonds is 7. The highest BCUT2D eigenvalue weighted by Crippen LogP contribution is 2.30. The van der Waals surface area contributed by atoms with Gasteiger partial charge >= 0.3 is 12.1 Å². The fourth-order valence-electron chi connectivity index (χ4n) is 2.73. The summed E-state index contributed by atoms with van der Waals surface area (Å²) in [5.41, 5.74) is 1.74. The maximum absolute atomic E-state index is 12.6. The fourth-order valence-corrected chi connectivity index (χ4v) is 2.73. The Balaban J connectivity index is 1.50. The third-order valence-corrected chi connectivity index (χ3v) is 4.31. The highest BCUT2D eigenvalue weighted by atomic mass is 19.4. The molecule has 0 aliphatic carbocycles. The van der Waals surface area contributed by atoms with Gasteiger partial charge < -0.3 is 9.84 Å². The molecule has 0 aliphatic rings. The molecule has 0 fully saturated rings. The Morgan fingerprint density at radius 3 is 2.21 bits per heavy atom. The van der Waals surface area contributed by atoms with Crippen LogP contribution in [0.5, 0.6) is 5.75 Å². The van der Waals surface area contributed by atoms with Crippen molar-refractivity contribution in [3.05, 3.63) is 83.6 Å². The number of halogens is 3. The Hall–Kier alpha value is -3.35. The van der Waals surface area contributed by atoms with Crippen molar-refractivity contribution in [1.29, 1.82) is 0 Å². The summed E-state index contributed by atoms with van der Waals surface area (Å²) in [6, 6.07) is 14.8. The number of carbonyl (C=O) groups is 1. The van der Waals surface area contributed by atoms with Crippen molar-refractivity contribution < 1.29 is 27.8 Å². The number of aromatic nitrogens is 1. The number of benzene rings is 2. The zero-order valence-corrected chi connectivity index (χ0v) is 15.3. The standard InChI is InChI=1S/C22H18F3NO3/c23-22(24,25)18-8-4-16(5-9-18)20-12-3-15(14-26-20)2-1-13-29-19-10-6-17(7-11-19)21(27)28/h3-12,14H,1-2,13H2,(H,27,28). The van der Waals surface area contributed by atoms with Crippen LogP contribution in [-0.2, 0) is 12.6 Å². The normalized spacial score (nSPS) is 11.3. The molecular weight excluding hydrogens is 383 g/mol. The van der Waals surface area contributed by atoms with E-state index >= 15 is 0 Å². The van der Waals surface area contributed by atoms with Gasteiger partial charge in [-0.2, -0.15) is 13.2 Å². The van der Waals surface area contributed by atoms with E-state index in [4.69, 9.17) is 9.84 Å². The van der Waals surface area contributed by atoms with E-state index < -0.39 is 17.7 Å². The quantitative estimate of drug-likeness (QED) is 0.533. The number of nitrogens with zero attached hydrogens (tertiary/aromatic N) is 1. The van der Waals surface area contributed by atoms with Crippen LogP contribution in [0.25, 0.3) is 11.3 Å². The number of aryl methyl sites for hydroxylation is 1. The molecule has 29 heavy (non-hydrogen) atoms. The molecule has 0 radical (unpaired) electrons. The highest BCUT2D eigenvalue weighted by Gasteiger charge is 2.29. The molecule has 3 rings (SSSR count). The Labute approximate surface area is 165 Å². The van der Waals surface area contributed by atoms with Gasteiger partial charge in [0.2, 0.25) is 0 Å². The van der Waals surface area contributed by atoms with E-state index in [2.05, 4.69) is 4.98 Å². The molecule has 0 spiro atoms. The van der Waals surface area contributed by atoms with Crippen molar-refractivity contribution in [2.45, 2.75) is 19.0 Å². The molecule has 0 atom stereocenters. The number of hydrogen-bond donors (Lipinski definition) is 1. The van der Waals surface area contributed by atoms with E-state index in [0.717, 1.165) is 30.5 Å². The average molecular weight is 401 g/mol. The predicted molar refractivity (Wildman–Crippen MR) is 102 cm³/mol. The van der Waals surface area contributed by atoms with Gasteiger partial charge in [0, 0.05) is 11.8 Å². The lowest BCUT2D eigenvalue weighted by atomic mass is 10.1. The minimum Gasteiger partial charge on any atom is -0.494 e. The molecule has 0 unspecified atom stereocenters. The third kappa shape index (κ3) is 5.57. The van der Waals surface area contributed by atoms with Gasteiger partial charge in [-0.05, 0) is 60.9 Å². The van der Waals surface area contributed by atoms with Crippen LogP contribution >= 0.6 is 0 Å². The van der Waals surface area contributed by atoms with E-state index in [0.29, 0.717) is 23.6 Å². The number of ether oxygens (including phenoxy) is 1. The number of aromatic carboxylic acids is 1. The number of pyridine rings is 1. The minimum absolute atomic E-state index is 0.205. The molecule has 1 heterocycles. The SMILES string of the molecule is O=C(O)c1ccc(OCCCc2ccc(-c3ccc(C(F)(F)F)cc3)nc2)cc1. The van der Waals surface area contributed by atoms with E-state index in [-0.39, 0.29) is 5.56 Å². The summed E-state index contributed by atoms with van der Waals surface area (Å²) in [5.74, 6) is -0.380. The van der Waals surface area contributed by atoms with Crippen molar-refractivity contribution in [3.8, 4) is 17.0 Å². The Morgan fingerprint density at radius 1 is 0.966 bits per heavy atom. The lowest BCUT2D eigenvalue weighted by Gasteiger charge is -2.08. The first-order chi connectivity index (χ1) is 13.8. The van der Waals surface area contributed by atoms with Crippen LogP contribution in [0.1, 0.15) is 27.9 Å². The van der Waals surface area contributed by atoms with Crippen molar-refractivity contribution in [2.75, 3.05) is 6.61 Å². The average Bonchev–Trinajstić information content (AvgIpc) is 2.71. The van der Waals surface area contributed by atoms with Gasteiger partial charge in [-0.3, -0.25) is 4.98 Å². The zero-order valence-electron chi connectivity index (χ0n) is 15.3. The van der Waals surface area contributed by atoms with Gasteiger partial charge in [0.05, 0.1) is 23.4 Å². The zero-order chi connectivity index (χ0) is 20.9. The van der Waals surface area contributed by atoms with Crippen LogP contribution in [0.3, 0.4) is 0 Å². The van der Waals surface area contributed by atoms with Gasteiger partial charge in [0.15, 0.2) is 0 Å². The number of alkyl halides is 3. The molecule has 1 N–H and O–H groups in total. The maximum atomic E-state index is 12.6. The highest BCUT2D eigenvalue weighted by molar-refractivity contribution is 5.87. The fraction of sp³-hybridized carbons (Fsp3) is 0.182. The summed E-state index contributed by atoms with van der Waals surface area (Å²) < 4.78 is 43.5. The molecule has 150 valence electrons. The maximum Gasteiger partial charge on any atom is 0.416 e. The Kier molecular flexibility index (Phi) is 6.16. The molecule has 1 aromatic heterocycles. The topological polar surface area (TPSA) is 59.4 Å². The first-order valence-corrected chi connectivity index (χ1v) is 8.91. The van der Waals surface area contributed by atoms with E-state index in [9.17, 15) is 18.0 Å².